The van der Waals surface area contributed by atoms with Gasteiger partial charge in [0.25, 0.3) is 0 Å². The Bertz CT molecular complexity index is 727. The third kappa shape index (κ3) is 4.39. The van der Waals surface area contributed by atoms with Crippen LogP contribution < -0.4 is 5.73 Å². The van der Waals surface area contributed by atoms with Crippen molar-refractivity contribution in [2.75, 3.05) is 20.3 Å². The van der Waals surface area contributed by atoms with E-state index in [9.17, 15) is 22.8 Å². The second-order valence-electron chi connectivity index (χ2n) is 7.03. The van der Waals surface area contributed by atoms with Crippen LogP contribution in [0.3, 0.4) is 0 Å². The zero-order chi connectivity index (χ0) is 21.1. The second-order valence-corrected chi connectivity index (χ2v) is 8.23. The number of carbonyl (C=O) groups excluding carboxylic acids is 3. The number of nitrogens with zero attached hydrogens (tertiary/aromatic N) is 2. The van der Waals surface area contributed by atoms with Crippen LogP contribution in [0.1, 0.15) is 46.0 Å². The Labute approximate surface area is 164 Å². The first kappa shape index (κ1) is 22.4. The number of carbonyl (C=O) groups is 3. The summed E-state index contributed by atoms with van der Waals surface area (Å²) in [6, 6.07) is -2.09. The maximum atomic E-state index is 12.4. The molecule has 2 fully saturated rings. The fourth-order valence-electron chi connectivity index (χ4n) is 3.68. The van der Waals surface area contributed by atoms with Crippen molar-refractivity contribution >= 4 is 28.3 Å². The van der Waals surface area contributed by atoms with Crippen molar-refractivity contribution in [3.05, 3.63) is 0 Å². The van der Waals surface area contributed by atoms with Gasteiger partial charge < -0.3 is 15.4 Å². The van der Waals surface area contributed by atoms with Gasteiger partial charge in [-0.25, -0.2) is 8.98 Å². The van der Waals surface area contributed by atoms with Gasteiger partial charge in [-0.3, -0.25) is 9.59 Å². The van der Waals surface area contributed by atoms with E-state index in [0.717, 1.165) is 0 Å². The maximum Gasteiger partial charge on any atom is 0.421 e. The number of urea groups is 1. The van der Waals surface area contributed by atoms with Crippen LogP contribution in [0.15, 0.2) is 0 Å². The monoisotopic (exact) mass is 421 g/mol. The van der Waals surface area contributed by atoms with Crippen molar-refractivity contribution in [2.24, 2.45) is 11.1 Å². The summed E-state index contributed by atoms with van der Waals surface area (Å²) < 4.78 is 39.2. The van der Waals surface area contributed by atoms with Gasteiger partial charge in [-0.15, -0.1) is 4.28 Å². The van der Waals surface area contributed by atoms with Crippen LogP contribution >= 0.6 is 0 Å². The predicted octanol–water partition coefficient (Wildman–Crippen LogP) is 0.303. The number of hydrogen-bond donors (Lipinski definition) is 1. The van der Waals surface area contributed by atoms with E-state index in [4.69, 9.17) is 18.9 Å². The molecule has 2 bridgehead atoms. The first-order valence-electron chi connectivity index (χ1n) is 9.17. The molecule has 2 aliphatic heterocycles. The highest BCUT2D eigenvalue weighted by atomic mass is 32.3. The van der Waals surface area contributed by atoms with Gasteiger partial charge >= 0.3 is 22.4 Å². The van der Waals surface area contributed by atoms with E-state index < -0.39 is 52.4 Å². The molecule has 12 heteroatoms. The van der Waals surface area contributed by atoms with Gasteiger partial charge in [-0.2, -0.15) is 13.5 Å². The molecule has 2 aliphatic rings. The molecule has 3 atom stereocenters. The average Bonchev–Trinajstić information content (AvgIpc) is 2.88. The molecule has 2 saturated heterocycles. The van der Waals surface area contributed by atoms with E-state index >= 15 is 0 Å². The van der Waals surface area contributed by atoms with Gasteiger partial charge in [0.1, 0.15) is 6.04 Å². The molecular formula is C16H27N3O8S. The van der Waals surface area contributed by atoms with Gasteiger partial charge in [-0.1, -0.05) is 20.3 Å². The van der Waals surface area contributed by atoms with Crippen LogP contribution in [0.5, 0.6) is 0 Å². The Balaban J connectivity index is 2.08. The third-order valence-electron chi connectivity index (χ3n) is 5.33. The van der Waals surface area contributed by atoms with Crippen LogP contribution in [-0.4, -0.2) is 68.6 Å². The Morgan fingerprint density at radius 2 is 1.96 bits per heavy atom. The third-order valence-corrected chi connectivity index (χ3v) is 6.08. The second kappa shape index (κ2) is 8.62. The number of hydroxylamine groups is 2. The van der Waals surface area contributed by atoms with Gasteiger partial charge in [-0.05, 0) is 25.7 Å². The summed E-state index contributed by atoms with van der Waals surface area (Å²) in [5.41, 5.74) is 4.16. The molecule has 0 aromatic heterocycles. The highest BCUT2D eigenvalue weighted by Crippen LogP contribution is 2.33. The Morgan fingerprint density at radius 3 is 2.50 bits per heavy atom. The summed E-state index contributed by atoms with van der Waals surface area (Å²) >= 11 is 0. The SMILES string of the molecule is CCCC(CC)(COS(=O)(=O)ON1C(=O)N2CC1CCC2C(N)=O)C(=O)OC. The maximum absolute atomic E-state index is 12.4. The molecule has 0 saturated carbocycles. The lowest BCUT2D eigenvalue weighted by molar-refractivity contribution is -0.156. The number of piperidine rings is 1. The summed E-state index contributed by atoms with van der Waals surface area (Å²) in [7, 11) is -3.40. The zero-order valence-corrected chi connectivity index (χ0v) is 17.1. The van der Waals surface area contributed by atoms with Gasteiger partial charge in [0.15, 0.2) is 0 Å². The minimum Gasteiger partial charge on any atom is -0.469 e. The normalized spacial score (nSPS) is 24.2. The zero-order valence-electron chi connectivity index (χ0n) is 16.3. The standard InChI is InChI=1S/C16H27N3O8S/c1-4-8-16(5-2,14(21)25-3)10-26-28(23,24)27-19-11-6-7-12(13(17)20)18(9-11)15(19)22/h11-12H,4-10H2,1-3H3,(H2,17,20). The number of ether oxygens (including phenoxy) is 1. The molecule has 2 rings (SSSR count). The van der Waals surface area contributed by atoms with Crippen molar-refractivity contribution < 1.29 is 36.0 Å². The Morgan fingerprint density at radius 1 is 1.29 bits per heavy atom. The molecule has 0 spiro atoms. The molecule has 2 heterocycles. The molecule has 0 aliphatic carbocycles. The van der Waals surface area contributed by atoms with Crippen molar-refractivity contribution in [1.82, 2.24) is 9.96 Å². The molecule has 28 heavy (non-hydrogen) atoms. The summed E-state index contributed by atoms with van der Waals surface area (Å²) in [5, 5.41) is 0.698. The first-order chi connectivity index (χ1) is 13.1. The molecule has 0 radical (unpaired) electrons. The first-order valence-corrected chi connectivity index (χ1v) is 10.5. The highest BCUT2D eigenvalue weighted by molar-refractivity contribution is 7.81. The molecule has 0 aromatic rings. The number of nitrogens with two attached hydrogens (primary N) is 1. The molecule has 160 valence electrons. The fraction of sp³-hybridized carbons (Fsp3) is 0.812. The molecule has 2 N–H and O–H groups in total. The minimum atomic E-state index is -4.62. The quantitative estimate of drug-likeness (QED) is 0.496. The average molecular weight is 421 g/mol. The lowest BCUT2D eigenvalue weighted by Crippen LogP contribution is -2.47. The van der Waals surface area contributed by atoms with E-state index in [-0.39, 0.29) is 6.54 Å². The van der Waals surface area contributed by atoms with Crippen LogP contribution in [0.25, 0.3) is 0 Å². The summed E-state index contributed by atoms with van der Waals surface area (Å²) in [6.45, 7) is 3.25. The Hall–Kier alpha value is -1.92. The highest BCUT2D eigenvalue weighted by Gasteiger charge is 2.49. The smallest absolute Gasteiger partial charge is 0.421 e. The molecule has 3 unspecified atom stereocenters. The minimum absolute atomic E-state index is 0.138. The van der Waals surface area contributed by atoms with E-state index in [2.05, 4.69) is 0 Å². The number of fused-ring (bicyclic) bond motifs is 2. The van der Waals surface area contributed by atoms with Crippen LogP contribution in [0.2, 0.25) is 0 Å². The summed E-state index contributed by atoms with van der Waals surface area (Å²) in [4.78, 5) is 37.2. The van der Waals surface area contributed by atoms with Crippen LogP contribution in [0, 0.1) is 5.41 Å². The van der Waals surface area contributed by atoms with Gasteiger partial charge in [0.05, 0.1) is 25.2 Å². The number of amides is 3. The number of hydrogen-bond acceptors (Lipinski definition) is 8. The van der Waals surface area contributed by atoms with Gasteiger partial charge in [0, 0.05) is 6.54 Å². The number of methoxy groups -OCH3 is 1. The predicted molar refractivity (Wildman–Crippen MR) is 95.6 cm³/mol. The largest absolute Gasteiger partial charge is 0.469 e. The number of primary amides is 1. The molecule has 0 aromatic carbocycles. The number of rotatable bonds is 10. The summed E-state index contributed by atoms with van der Waals surface area (Å²) in [5.74, 6) is -1.23. The van der Waals surface area contributed by atoms with Crippen molar-refractivity contribution in [1.29, 1.82) is 0 Å². The molecule has 3 amide bonds. The van der Waals surface area contributed by atoms with E-state index in [0.29, 0.717) is 37.2 Å². The lowest BCUT2D eigenvalue weighted by atomic mass is 9.82. The topological polar surface area (TPSA) is 146 Å². The molecule has 11 nitrogen and oxygen atoms in total. The molecular weight excluding hydrogens is 394 g/mol. The van der Waals surface area contributed by atoms with Gasteiger partial charge in [0.2, 0.25) is 5.91 Å². The lowest BCUT2D eigenvalue weighted by Gasteiger charge is -2.29. The Kier molecular flexibility index (Phi) is 6.88. The van der Waals surface area contributed by atoms with Crippen molar-refractivity contribution in [3.8, 4) is 0 Å². The van der Waals surface area contributed by atoms with E-state index in [1.54, 1.807) is 6.92 Å². The fourth-order valence-corrected chi connectivity index (χ4v) is 4.48. The van der Waals surface area contributed by atoms with Crippen molar-refractivity contribution in [3.63, 3.8) is 0 Å². The van der Waals surface area contributed by atoms with Crippen molar-refractivity contribution in [2.45, 2.75) is 58.0 Å². The van der Waals surface area contributed by atoms with Crippen LogP contribution in [-0.2, 0) is 33.2 Å². The summed E-state index contributed by atoms with van der Waals surface area (Å²) in [6.07, 6.45) is 1.98. The van der Waals surface area contributed by atoms with E-state index in [1.807, 2.05) is 6.92 Å². The van der Waals surface area contributed by atoms with Crippen LogP contribution in [0.4, 0.5) is 4.79 Å². The number of esters is 1. The van der Waals surface area contributed by atoms with E-state index in [1.165, 1.54) is 12.0 Å².